The summed E-state index contributed by atoms with van der Waals surface area (Å²) in [6, 6.07) is 0. The van der Waals surface area contributed by atoms with Crippen LogP contribution in [0.1, 0.15) is 18.2 Å². The van der Waals surface area contributed by atoms with Crippen LogP contribution in [0.5, 0.6) is 0 Å². The molecule has 1 fully saturated rings. The van der Waals surface area contributed by atoms with Crippen molar-refractivity contribution in [3.63, 3.8) is 0 Å². The third kappa shape index (κ3) is 2.16. The van der Waals surface area contributed by atoms with Gasteiger partial charge in [0.1, 0.15) is 6.23 Å². The van der Waals surface area contributed by atoms with Crippen LogP contribution >= 0.6 is 0 Å². The van der Waals surface area contributed by atoms with Gasteiger partial charge in [-0.15, -0.1) is 6.58 Å². The quantitative estimate of drug-likeness (QED) is 0.737. The van der Waals surface area contributed by atoms with E-state index >= 15 is 0 Å². The maximum absolute atomic E-state index is 11.7. The number of aliphatic hydroxyl groups excluding tert-OH is 1. The van der Waals surface area contributed by atoms with Crippen molar-refractivity contribution >= 4 is 0 Å². The molecule has 0 radical (unpaired) electrons. The summed E-state index contributed by atoms with van der Waals surface area (Å²) in [5.41, 5.74) is -0.453. The summed E-state index contributed by atoms with van der Waals surface area (Å²) in [4.78, 5) is 25.2. The molecule has 0 amide bonds. The average Bonchev–Trinajstić information content (AvgIpc) is 2.76. The van der Waals surface area contributed by atoms with Crippen molar-refractivity contribution in [2.45, 2.75) is 25.7 Å². The molecule has 1 aromatic heterocycles. The third-order valence-corrected chi connectivity index (χ3v) is 3.22. The predicted octanol–water partition coefficient (Wildman–Crippen LogP) is -0.0730. The molecule has 2 heterocycles. The molecule has 6 heteroatoms. The lowest BCUT2D eigenvalue weighted by Crippen LogP contribution is -2.33. The molecule has 1 saturated heterocycles. The van der Waals surface area contributed by atoms with Gasteiger partial charge in [-0.25, -0.2) is 4.79 Å². The minimum Gasteiger partial charge on any atom is -0.394 e. The van der Waals surface area contributed by atoms with Gasteiger partial charge in [-0.2, -0.15) is 0 Å². The minimum atomic E-state index is -0.503. The van der Waals surface area contributed by atoms with Crippen LogP contribution in [0.4, 0.5) is 0 Å². The molecule has 2 rings (SSSR count). The van der Waals surface area contributed by atoms with Crippen LogP contribution in [0.25, 0.3) is 0 Å². The van der Waals surface area contributed by atoms with Crippen LogP contribution in [0.15, 0.2) is 28.4 Å². The first-order valence-corrected chi connectivity index (χ1v) is 5.77. The molecule has 0 aliphatic carbocycles. The Morgan fingerprint density at radius 3 is 2.94 bits per heavy atom. The molecule has 2 N–H and O–H groups in total. The SMILES string of the molecule is C=C[C@H]1C[C@H](n2cc(C)c(=O)[nH]c2=O)O[C@@H]1CO. The zero-order valence-corrected chi connectivity index (χ0v) is 10.1. The number of rotatable bonds is 3. The molecule has 1 aliphatic rings. The van der Waals surface area contributed by atoms with E-state index in [1.807, 2.05) is 0 Å². The summed E-state index contributed by atoms with van der Waals surface area (Å²) in [7, 11) is 0. The largest absolute Gasteiger partial charge is 0.394 e. The molecule has 18 heavy (non-hydrogen) atoms. The molecular formula is C12H16N2O4. The second-order valence-corrected chi connectivity index (χ2v) is 4.43. The number of hydrogen-bond donors (Lipinski definition) is 2. The van der Waals surface area contributed by atoms with Gasteiger partial charge in [0, 0.05) is 24.1 Å². The number of nitrogens with one attached hydrogen (secondary N) is 1. The second kappa shape index (κ2) is 4.91. The fourth-order valence-electron chi connectivity index (χ4n) is 2.15. The van der Waals surface area contributed by atoms with Crippen molar-refractivity contribution in [2.75, 3.05) is 6.61 Å². The summed E-state index contributed by atoms with van der Waals surface area (Å²) < 4.78 is 6.95. The Kier molecular flexibility index (Phi) is 3.49. The number of H-pyrrole nitrogens is 1. The molecule has 0 aromatic carbocycles. The Morgan fingerprint density at radius 1 is 1.67 bits per heavy atom. The molecule has 0 saturated carbocycles. The minimum absolute atomic E-state index is 0.000802. The van der Waals surface area contributed by atoms with Crippen molar-refractivity contribution in [1.29, 1.82) is 0 Å². The highest BCUT2D eigenvalue weighted by Crippen LogP contribution is 2.32. The van der Waals surface area contributed by atoms with Gasteiger partial charge in [-0.05, 0) is 6.92 Å². The van der Waals surface area contributed by atoms with Crippen molar-refractivity contribution in [3.05, 3.63) is 45.3 Å². The average molecular weight is 252 g/mol. The fraction of sp³-hybridized carbons (Fsp3) is 0.500. The van der Waals surface area contributed by atoms with E-state index in [2.05, 4.69) is 11.6 Å². The Labute approximate surface area is 104 Å². The molecule has 0 spiro atoms. The molecule has 3 atom stereocenters. The van der Waals surface area contributed by atoms with Crippen LogP contribution in [-0.4, -0.2) is 27.4 Å². The van der Waals surface area contributed by atoms with Gasteiger partial charge in [0.2, 0.25) is 0 Å². The Bertz CT molecular complexity index is 560. The van der Waals surface area contributed by atoms with Crippen molar-refractivity contribution in [3.8, 4) is 0 Å². The number of aromatic nitrogens is 2. The van der Waals surface area contributed by atoms with E-state index in [4.69, 9.17) is 4.74 Å². The monoisotopic (exact) mass is 252 g/mol. The molecule has 0 bridgehead atoms. The summed E-state index contributed by atoms with van der Waals surface area (Å²) in [5.74, 6) is -0.000802. The summed E-state index contributed by atoms with van der Waals surface area (Å²) in [6.45, 7) is 5.19. The first kappa shape index (κ1) is 12.8. The lowest BCUT2D eigenvalue weighted by Gasteiger charge is -2.14. The summed E-state index contributed by atoms with van der Waals surface area (Å²) in [6.07, 6.45) is 2.91. The molecule has 1 aliphatic heterocycles. The van der Waals surface area contributed by atoms with Crippen LogP contribution in [-0.2, 0) is 4.74 Å². The smallest absolute Gasteiger partial charge is 0.330 e. The number of ether oxygens (including phenoxy) is 1. The first-order chi connectivity index (χ1) is 8.56. The topological polar surface area (TPSA) is 84.3 Å². The lowest BCUT2D eigenvalue weighted by atomic mass is 10.0. The highest BCUT2D eigenvalue weighted by atomic mass is 16.5. The van der Waals surface area contributed by atoms with Crippen molar-refractivity contribution in [2.24, 2.45) is 5.92 Å². The normalized spacial score (nSPS) is 27.3. The molecule has 98 valence electrons. The second-order valence-electron chi connectivity index (χ2n) is 4.43. The number of aryl methyl sites for hydroxylation is 1. The molecule has 1 aromatic rings. The van der Waals surface area contributed by atoms with E-state index in [1.54, 1.807) is 13.0 Å². The number of hydrogen-bond acceptors (Lipinski definition) is 4. The van der Waals surface area contributed by atoms with E-state index in [0.717, 1.165) is 0 Å². The van der Waals surface area contributed by atoms with Gasteiger partial charge in [-0.3, -0.25) is 14.3 Å². The van der Waals surface area contributed by atoms with E-state index in [0.29, 0.717) is 12.0 Å². The van der Waals surface area contributed by atoms with Gasteiger partial charge < -0.3 is 9.84 Å². The lowest BCUT2D eigenvalue weighted by molar-refractivity contribution is -0.0295. The van der Waals surface area contributed by atoms with Gasteiger partial charge in [-0.1, -0.05) is 6.08 Å². The Morgan fingerprint density at radius 2 is 2.39 bits per heavy atom. The Balaban J connectivity index is 2.34. The standard InChI is InChI=1S/C12H16N2O4/c1-3-8-4-10(18-9(8)6-15)14-5-7(2)11(16)13-12(14)17/h3,5,8-10,15H,1,4,6H2,2H3,(H,13,16,17)/t8-,9+,10+/m0/s1. The molecule has 0 unspecified atom stereocenters. The fourth-order valence-corrected chi connectivity index (χ4v) is 2.15. The van der Waals surface area contributed by atoms with Gasteiger partial charge in [0.15, 0.2) is 0 Å². The zero-order valence-electron chi connectivity index (χ0n) is 10.1. The zero-order chi connectivity index (χ0) is 13.3. The van der Waals surface area contributed by atoms with Crippen molar-refractivity contribution < 1.29 is 9.84 Å². The van der Waals surface area contributed by atoms with Gasteiger partial charge in [0.25, 0.3) is 5.56 Å². The Hall–Kier alpha value is -1.66. The van der Waals surface area contributed by atoms with E-state index in [-0.39, 0.29) is 18.6 Å². The molecular weight excluding hydrogens is 236 g/mol. The van der Waals surface area contributed by atoms with Crippen LogP contribution < -0.4 is 11.2 Å². The number of aliphatic hydroxyl groups is 1. The maximum Gasteiger partial charge on any atom is 0.330 e. The van der Waals surface area contributed by atoms with Gasteiger partial charge in [0.05, 0.1) is 12.7 Å². The van der Waals surface area contributed by atoms with Gasteiger partial charge >= 0.3 is 5.69 Å². The first-order valence-electron chi connectivity index (χ1n) is 5.77. The maximum atomic E-state index is 11.7. The van der Waals surface area contributed by atoms with Crippen LogP contribution in [0, 0.1) is 12.8 Å². The number of aromatic amines is 1. The van der Waals surface area contributed by atoms with E-state index in [1.165, 1.54) is 10.8 Å². The summed E-state index contributed by atoms with van der Waals surface area (Å²) in [5, 5.41) is 9.18. The van der Waals surface area contributed by atoms with E-state index < -0.39 is 17.5 Å². The molecule has 6 nitrogen and oxygen atoms in total. The highest BCUT2D eigenvalue weighted by Gasteiger charge is 2.34. The third-order valence-electron chi connectivity index (χ3n) is 3.22. The summed E-state index contributed by atoms with van der Waals surface area (Å²) >= 11 is 0. The highest BCUT2D eigenvalue weighted by molar-refractivity contribution is 5.02. The van der Waals surface area contributed by atoms with Crippen molar-refractivity contribution in [1.82, 2.24) is 9.55 Å². The van der Waals surface area contributed by atoms with Crippen LogP contribution in [0.3, 0.4) is 0 Å². The van der Waals surface area contributed by atoms with E-state index in [9.17, 15) is 14.7 Å². The van der Waals surface area contributed by atoms with Crippen LogP contribution in [0.2, 0.25) is 0 Å². The predicted molar refractivity (Wildman–Crippen MR) is 65.4 cm³/mol. The number of nitrogens with zero attached hydrogens (tertiary/aromatic N) is 1.